The van der Waals surface area contributed by atoms with Crippen LogP contribution in [0.25, 0.3) is 0 Å². The Hall–Kier alpha value is -0.880. The van der Waals surface area contributed by atoms with Gasteiger partial charge in [-0.05, 0) is 17.7 Å². The van der Waals surface area contributed by atoms with Crippen molar-refractivity contribution in [3.05, 3.63) is 33.6 Å². The number of nitrogens with one attached hydrogen (secondary N) is 1. The third kappa shape index (κ3) is 3.81. The lowest BCUT2D eigenvalue weighted by Gasteiger charge is -2.19. The highest BCUT2D eigenvalue weighted by atomic mass is 35.5. The predicted octanol–water partition coefficient (Wildman–Crippen LogP) is 1.66. The summed E-state index contributed by atoms with van der Waals surface area (Å²) in [5.74, 6) is -1.12. The van der Waals surface area contributed by atoms with Crippen molar-refractivity contribution in [3.8, 4) is 0 Å². The van der Waals surface area contributed by atoms with E-state index in [4.69, 9.17) is 23.2 Å². The van der Waals surface area contributed by atoms with Crippen molar-refractivity contribution in [2.75, 3.05) is 6.54 Å². The first kappa shape index (κ1) is 15.2. The molecule has 1 amide bonds. The number of hydrogen-bond donors (Lipinski definition) is 3. The molecule has 3 N–H and O–H groups in total. The van der Waals surface area contributed by atoms with Gasteiger partial charge in [-0.2, -0.15) is 0 Å². The van der Waals surface area contributed by atoms with Crippen molar-refractivity contribution in [2.24, 2.45) is 0 Å². The molecule has 0 aromatic heterocycles. The average molecular weight is 296 g/mol. The monoisotopic (exact) mass is 295 g/mol. The van der Waals surface area contributed by atoms with Crippen molar-refractivity contribution in [1.82, 2.24) is 5.32 Å². The minimum Gasteiger partial charge on any atom is -0.388 e. The first-order valence-corrected chi connectivity index (χ1v) is 5.83. The SMILES string of the molecule is CC(=O)NCC(O)C(O)c1cc(Cl)c(F)c(Cl)c1. The summed E-state index contributed by atoms with van der Waals surface area (Å²) in [5.41, 5.74) is 0.171. The van der Waals surface area contributed by atoms with Gasteiger partial charge in [-0.3, -0.25) is 4.79 Å². The van der Waals surface area contributed by atoms with Gasteiger partial charge < -0.3 is 15.5 Å². The topological polar surface area (TPSA) is 69.6 Å². The lowest BCUT2D eigenvalue weighted by Crippen LogP contribution is -2.34. The van der Waals surface area contributed by atoms with Crippen LogP contribution in [0.4, 0.5) is 4.39 Å². The first-order chi connectivity index (χ1) is 8.32. The second-order valence-electron chi connectivity index (χ2n) is 3.75. The van der Waals surface area contributed by atoms with E-state index in [1.54, 1.807) is 0 Å². The number of hydrogen-bond acceptors (Lipinski definition) is 3. The van der Waals surface area contributed by atoms with Crippen LogP contribution in [0.5, 0.6) is 0 Å². The lowest BCUT2D eigenvalue weighted by molar-refractivity contribution is -0.119. The van der Waals surface area contributed by atoms with Gasteiger partial charge in [-0.15, -0.1) is 0 Å². The highest BCUT2D eigenvalue weighted by molar-refractivity contribution is 6.35. The molecule has 2 unspecified atom stereocenters. The van der Waals surface area contributed by atoms with Crippen molar-refractivity contribution in [2.45, 2.75) is 19.1 Å². The Kier molecular flexibility index (Phi) is 5.34. The van der Waals surface area contributed by atoms with Crippen LogP contribution in [0.3, 0.4) is 0 Å². The second kappa shape index (κ2) is 6.33. The van der Waals surface area contributed by atoms with E-state index < -0.39 is 18.0 Å². The summed E-state index contributed by atoms with van der Waals surface area (Å²) in [7, 11) is 0. The predicted molar refractivity (Wildman–Crippen MR) is 66.1 cm³/mol. The number of benzene rings is 1. The Morgan fingerprint density at radius 1 is 1.39 bits per heavy atom. The fraction of sp³-hybridized carbons (Fsp3) is 0.364. The number of halogens is 3. The third-order valence-electron chi connectivity index (χ3n) is 2.27. The van der Waals surface area contributed by atoms with Crippen molar-refractivity contribution >= 4 is 29.1 Å². The van der Waals surface area contributed by atoms with E-state index in [2.05, 4.69) is 5.32 Å². The number of aliphatic hydroxyl groups excluding tert-OH is 2. The Labute approximate surface area is 113 Å². The van der Waals surface area contributed by atoms with Gasteiger partial charge >= 0.3 is 0 Å². The fourth-order valence-corrected chi connectivity index (χ4v) is 1.83. The molecular weight excluding hydrogens is 284 g/mol. The number of amides is 1. The molecule has 2 atom stereocenters. The van der Waals surface area contributed by atoms with Crippen LogP contribution >= 0.6 is 23.2 Å². The molecule has 18 heavy (non-hydrogen) atoms. The molecule has 0 aliphatic rings. The average Bonchev–Trinajstić information content (AvgIpc) is 2.31. The summed E-state index contributed by atoms with van der Waals surface area (Å²) in [4.78, 5) is 10.7. The van der Waals surface area contributed by atoms with Crippen molar-refractivity contribution in [1.29, 1.82) is 0 Å². The largest absolute Gasteiger partial charge is 0.388 e. The molecule has 0 saturated carbocycles. The van der Waals surface area contributed by atoms with Gasteiger partial charge in [0, 0.05) is 13.5 Å². The maximum absolute atomic E-state index is 13.2. The Morgan fingerprint density at radius 2 is 1.89 bits per heavy atom. The molecule has 1 aromatic rings. The highest BCUT2D eigenvalue weighted by Crippen LogP contribution is 2.28. The molecular formula is C11H12Cl2FNO3. The van der Waals surface area contributed by atoms with Gasteiger partial charge in [0.05, 0.1) is 10.0 Å². The van der Waals surface area contributed by atoms with E-state index in [1.165, 1.54) is 19.1 Å². The van der Waals surface area contributed by atoms with Crippen molar-refractivity contribution < 1.29 is 19.4 Å². The molecule has 0 spiro atoms. The minimum atomic E-state index is -1.33. The van der Waals surface area contributed by atoms with Crippen LogP contribution in [0.15, 0.2) is 12.1 Å². The van der Waals surface area contributed by atoms with Crippen LogP contribution in [0.2, 0.25) is 10.0 Å². The van der Waals surface area contributed by atoms with Crippen LogP contribution in [-0.2, 0) is 4.79 Å². The van der Waals surface area contributed by atoms with Gasteiger partial charge in [0.15, 0.2) is 5.82 Å². The smallest absolute Gasteiger partial charge is 0.216 e. The molecule has 0 fully saturated rings. The molecule has 7 heteroatoms. The molecule has 0 radical (unpaired) electrons. The molecule has 1 aromatic carbocycles. The zero-order chi connectivity index (χ0) is 13.9. The summed E-state index contributed by atoms with van der Waals surface area (Å²) in [6, 6.07) is 2.34. The Morgan fingerprint density at radius 3 is 2.33 bits per heavy atom. The van der Waals surface area contributed by atoms with Crippen LogP contribution in [0, 0.1) is 5.82 Å². The summed E-state index contributed by atoms with van der Waals surface area (Å²) in [5, 5.41) is 21.3. The summed E-state index contributed by atoms with van der Waals surface area (Å²) in [6.45, 7) is 1.15. The maximum atomic E-state index is 13.2. The Bertz CT molecular complexity index is 433. The first-order valence-electron chi connectivity index (χ1n) is 5.08. The van der Waals surface area contributed by atoms with Crippen molar-refractivity contribution in [3.63, 3.8) is 0 Å². The summed E-state index contributed by atoms with van der Waals surface area (Å²) < 4.78 is 13.2. The molecule has 0 saturated heterocycles. The number of rotatable bonds is 4. The van der Waals surface area contributed by atoms with E-state index in [9.17, 15) is 19.4 Å². The molecule has 1 rings (SSSR count). The molecule has 0 aliphatic carbocycles. The van der Waals surface area contributed by atoms with E-state index in [1.807, 2.05) is 0 Å². The molecule has 0 aliphatic heterocycles. The van der Waals surface area contributed by atoms with Gasteiger partial charge in [0.2, 0.25) is 5.91 Å². The van der Waals surface area contributed by atoms with Gasteiger partial charge in [0.1, 0.15) is 12.2 Å². The quantitative estimate of drug-likeness (QED) is 0.740. The number of aliphatic hydroxyl groups is 2. The van der Waals surface area contributed by atoms with Crippen LogP contribution in [-0.4, -0.2) is 28.8 Å². The van der Waals surface area contributed by atoms with Gasteiger partial charge in [-0.25, -0.2) is 4.39 Å². The van der Waals surface area contributed by atoms with Crippen LogP contribution in [0.1, 0.15) is 18.6 Å². The van der Waals surface area contributed by atoms with E-state index >= 15 is 0 Å². The lowest BCUT2D eigenvalue weighted by atomic mass is 10.0. The Balaban J connectivity index is 2.83. The molecule has 4 nitrogen and oxygen atoms in total. The molecule has 0 bridgehead atoms. The number of carbonyl (C=O) groups is 1. The summed E-state index contributed by atoms with van der Waals surface area (Å²) in [6.07, 6.45) is -2.57. The molecule has 0 heterocycles. The number of carbonyl (C=O) groups excluding carboxylic acids is 1. The normalized spacial score (nSPS) is 14.1. The minimum absolute atomic E-state index is 0.136. The van der Waals surface area contributed by atoms with Crippen LogP contribution < -0.4 is 5.32 Å². The van der Waals surface area contributed by atoms with Gasteiger partial charge in [0.25, 0.3) is 0 Å². The van der Waals surface area contributed by atoms with Gasteiger partial charge in [-0.1, -0.05) is 23.2 Å². The third-order valence-corrected chi connectivity index (χ3v) is 2.82. The van der Waals surface area contributed by atoms with E-state index in [0.717, 1.165) is 0 Å². The summed E-state index contributed by atoms with van der Waals surface area (Å²) >= 11 is 11.1. The zero-order valence-electron chi connectivity index (χ0n) is 9.45. The maximum Gasteiger partial charge on any atom is 0.216 e. The standard InChI is InChI=1S/C11H12Cl2FNO3/c1-5(16)15-4-9(17)11(18)6-2-7(12)10(14)8(13)3-6/h2-3,9,11,17-18H,4H2,1H3,(H,15,16). The molecule has 100 valence electrons. The fourth-order valence-electron chi connectivity index (χ4n) is 1.33. The van der Waals surface area contributed by atoms with E-state index in [-0.39, 0.29) is 28.1 Å². The van der Waals surface area contributed by atoms with E-state index in [0.29, 0.717) is 0 Å². The second-order valence-corrected chi connectivity index (χ2v) is 4.56. The highest BCUT2D eigenvalue weighted by Gasteiger charge is 2.21. The zero-order valence-corrected chi connectivity index (χ0v) is 11.0.